The zero-order valence-corrected chi connectivity index (χ0v) is 9.78. The molecule has 2 aromatic carbocycles. The van der Waals surface area contributed by atoms with E-state index in [4.69, 9.17) is 0 Å². The van der Waals surface area contributed by atoms with Gasteiger partial charge in [-0.05, 0) is 47.3 Å². The first-order valence-corrected chi connectivity index (χ1v) is 5.87. The number of rotatable bonds is 3. The number of halogens is 1. The van der Waals surface area contributed by atoms with Crippen molar-refractivity contribution in [3.8, 4) is 0 Å². The molecule has 1 aromatic heterocycles. The van der Waals surface area contributed by atoms with Crippen molar-refractivity contribution < 1.29 is 4.39 Å². The third-order valence-electron chi connectivity index (χ3n) is 2.96. The second-order valence-electron chi connectivity index (χ2n) is 4.26. The molecule has 0 radical (unpaired) electrons. The molecule has 0 fully saturated rings. The Hall–Kier alpha value is -2.29. The lowest BCUT2D eigenvalue weighted by Crippen LogP contribution is -1.99. The first kappa shape index (κ1) is 10.8. The highest BCUT2D eigenvalue weighted by Gasteiger charge is 1.98. The van der Waals surface area contributed by atoms with Crippen LogP contribution in [0.2, 0.25) is 0 Å². The van der Waals surface area contributed by atoms with Crippen LogP contribution >= 0.6 is 0 Å². The van der Waals surface area contributed by atoms with E-state index in [2.05, 4.69) is 28.5 Å². The average molecular weight is 240 g/mol. The predicted octanol–water partition coefficient (Wildman–Crippen LogP) is 3.92. The molecule has 3 rings (SSSR count). The molecular weight excluding hydrogens is 227 g/mol. The van der Waals surface area contributed by atoms with Crippen LogP contribution in [0.5, 0.6) is 0 Å². The molecule has 0 saturated heterocycles. The molecule has 2 nitrogen and oxygen atoms in total. The fraction of sp³-hybridized carbons (Fsp3) is 0.0667. The SMILES string of the molecule is Fc1ccc(NCc2ccc3cc[nH]c3c2)cc1. The summed E-state index contributed by atoms with van der Waals surface area (Å²) in [5.41, 5.74) is 3.24. The van der Waals surface area contributed by atoms with Gasteiger partial charge in [0.05, 0.1) is 0 Å². The van der Waals surface area contributed by atoms with Gasteiger partial charge in [-0.2, -0.15) is 0 Å². The van der Waals surface area contributed by atoms with Crippen molar-refractivity contribution in [3.05, 3.63) is 66.1 Å². The fourth-order valence-electron chi connectivity index (χ4n) is 1.98. The minimum Gasteiger partial charge on any atom is -0.381 e. The maximum Gasteiger partial charge on any atom is 0.123 e. The van der Waals surface area contributed by atoms with Crippen molar-refractivity contribution in [2.75, 3.05) is 5.32 Å². The van der Waals surface area contributed by atoms with Crippen molar-refractivity contribution in [2.45, 2.75) is 6.54 Å². The molecular formula is C15H13FN2. The van der Waals surface area contributed by atoms with Crippen molar-refractivity contribution in [3.63, 3.8) is 0 Å². The largest absolute Gasteiger partial charge is 0.381 e. The summed E-state index contributed by atoms with van der Waals surface area (Å²) in [6.07, 6.45) is 1.93. The van der Waals surface area contributed by atoms with Gasteiger partial charge in [0.1, 0.15) is 5.82 Å². The summed E-state index contributed by atoms with van der Waals surface area (Å²) in [6.45, 7) is 0.723. The van der Waals surface area contributed by atoms with Gasteiger partial charge in [-0.15, -0.1) is 0 Å². The summed E-state index contributed by atoms with van der Waals surface area (Å²) in [6, 6.07) is 14.7. The summed E-state index contributed by atoms with van der Waals surface area (Å²) in [5.74, 6) is -0.214. The predicted molar refractivity (Wildman–Crippen MR) is 72.0 cm³/mol. The van der Waals surface area contributed by atoms with E-state index in [-0.39, 0.29) is 5.82 Å². The van der Waals surface area contributed by atoms with Crippen molar-refractivity contribution >= 4 is 16.6 Å². The van der Waals surface area contributed by atoms with Crippen molar-refractivity contribution in [1.29, 1.82) is 0 Å². The summed E-state index contributed by atoms with van der Waals surface area (Å²) in [7, 11) is 0. The first-order valence-electron chi connectivity index (χ1n) is 5.87. The lowest BCUT2D eigenvalue weighted by molar-refractivity contribution is 0.628. The highest BCUT2D eigenvalue weighted by Crippen LogP contribution is 2.16. The third kappa shape index (κ3) is 2.20. The van der Waals surface area contributed by atoms with Gasteiger partial charge < -0.3 is 10.3 Å². The highest BCUT2D eigenvalue weighted by molar-refractivity contribution is 5.79. The second-order valence-corrected chi connectivity index (χ2v) is 4.26. The number of hydrogen-bond acceptors (Lipinski definition) is 1. The van der Waals surface area contributed by atoms with Crippen LogP contribution in [-0.2, 0) is 6.54 Å². The van der Waals surface area contributed by atoms with Gasteiger partial charge >= 0.3 is 0 Å². The lowest BCUT2D eigenvalue weighted by atomic mass is 10.1. The van der Waals surface area contributed by atoms with Crippen LogP contribution in [0.1, 0.15) is 5.56 Å². The Labute approximate surface area is 104 Å². The van der Waals surface area contributed by atoms with Gasteiger partial charge in [-0.1, -0.05) is 12.1 Å². The van der Waals surface area contributed by atoms with Crippen LogP contribution in [0.4, 0.5) is 10.1 Å². The fourth-order valence-corrected chi connectivity index (χ4v) is 1.98. The van der Waals surface area contributed by atoms with Gasteiger partial charge in [0.25, 0.3) is 0 Å². The molecule has 3 aromatic rings. The number of anilines is 1. The Morgan fingerprint density at radius 1 is 1.00 bits per heavy atom. The minimum absolute atomic E-state index is 0.214. The Morgan fingerprint density at radius 2 is 1.83 bits per heavy atom. The zero-order valence-electron chi connectivity index (χ0n) is 9.78. The normalized spacial score (nSPS) is 10.7. The molecule has 0 bridgehead atoms. The molecule has 0 aliphatic heterocycles. The number of fused-ring (bicyclic) bond motifs is 1. The van der Waals surface area contributed by atoms with E-state index in [9.17, 15) is 4.39 Å². The van der Waals surface area contributed by atoms with Crippen LogP contribution < -0.4 is 5.32 Å². The summed E-state index contributed by atoms with van der Waals surface area (Å²) in [5, 5.41) is 4.47. The van der Waals surface area contributed by atoms with E-state index in [0.29, 0.717) is 0 Å². The molecule has 0 aliphatic rings. The lowest BCUT2D eigenvalue weighted by Gasteiger charge is -2.06. The maximum absolute atomic E-state index is 12.8. The quantitative estimate of drug-likeness (QED) is 0.713. The van der Waals surface area contributed by atoms with E-state index in [1.165, 1.54) is 23.1 Å². The highest BCUT2D eigenvalue weighted by atomic mass is 19.1. The molecule has 0 saturated carbocycles. The van der Waals surface area contributed by atoms with E-state index in [1.54, 1.807) is 12.1 Å². The topological polar surface area (TPSA) is 27.8 Å². The Bertz CT molecular complexity index is 656. The number of benzene rings is 2. The molecule has 18 heavy (non-hydrogen) atoms. The van der Waals surface area contributed by atoms with E-state index in [0.717, 1.165) is 17.7 Å². The van der Waals surface area contributed by atoms with Crippen molar-refractivity contribution in [1.82, 2.24) is 4.98 Å². The monoisotopic (exact) mass is 240 g/mol. The molecule has 2 N–H and O–H groups in total. The van der Waals surface area contributed by atoms with Gasteiger partial charge in [0.15, 0.2) is 0 Å². The van der Waals surface area contributed by atoms with Gasteiger partial charge in [0.2, 0.25) is 0 Å². The van der Waals surface area contributed by atoms with Gasteiger partial charge in [0, 0.05) is 23.9 Å². The average Bonchev–Trinajstić information content (AvgIpc) is 2.85. The number of nitrogens with one attached hydrogen (secondary N) is 2. The summed E-state index contributed by atoms with van der Waals surface area (Å²) < 4.78 is 12.8. The third-order valence-corrected chi connectivity index (χ3v) is 2.96. The second kappa shape index (κ2) is 4.53. The van der Waals surface area contributed by atoms with Crippen LogP contribution in [0.3, 0.4) is 0 Å². The van der Waals surface area contributed by atoms with Crippen LogP contribution in [-0.4, -0.2) is 4.98 Å². The molecule has 0 atom stereocenters. The molecule has 0 aliphatic carbocycles. The minimum atomic E-state index is -0.214. The summed E-state index contributed by atoms with van der Waals surface area (Å²) >= 11 is 0. The smallest absolute Gasteiger partial charge is 0.123 e. The van der Waals surface area contributed by atoms with E-state index >= 15 is 0 Å². The van der Waals surface area contributed by atoms with Crippen LogP contribution in [0.15, 0.2) is 54.7 Å². The number of aromatic nitrogens is 1. The molecule has 0 amide bonds. The molecule has 0 unspecified atom stereocenters. The van der Waals surface area contributed by atoms with E-state index in [1.807, 2.05) is 12.3 Å². The number of aromatic amines is 1. The van der Waals surface area contributed by atoms with Gasteiger partial charge in [-0.3, -0.25) is 0 Å². The maximum atomic E-state index is 12.8. The first-order chi connectivity index (χ1) is 8.81. The van der Waals surface area contributed by atoms with Gasteiger partial charge in [-0.25, -0.2) is 4.39 Å². The standard InChI is InChI=1S/C15H13FN2/c16-13-3-5-14(6-4-13)18-10-11-1-2-12-7-8-17-15(12)9-11/h1-9,17-18H,10H2. The summed E-state index contributed by atoms with van der Waals surface area (Å²) in [4.78, 5) is 3.19. The van der Waals surface area contributed by atoms with Crippen molar-refractivity contribution in [2.24, 2.45) is 0 Å². The molecule has 1 heterocycles. The Balaban J connectivity index is 1.74. The van der Waals surface area contributed by atoms with Crippen LogP contribution in [0.25, 0.3) is 10.9 Å². The Morgan fingerprint density at radius 3 is 2.67 bits per heavy atom. The Kier molecular flexibility index (Phi) is 2.73. The van der Waals surface area contributed by atoms with Crippen LogP contribution in [0, 0.1) is 5.82 Å². The molecule has 3 heteroatoms. The number of H-pyrrole nitrogens is 1. The number of hydrogen-bond donors (Lipinski definition) is 2. The molecule has 90 valence electrons. The molecule has 0 spiro atoms. The van der Waals surface area contributed by atoms with E-state index < -0.39 is 0 Å². The zero-order chi connectivity index (χ0) is 12.4.